The van der Waals surface area contributed by atoms with Gasteiger partial charge in [-0.05, 0) is 70.1 Å². The number of carbonyl (C=O) groups excluding carboxylic acids is 1. The summed E-state index contributed by atoms with van der Waals surface area (Å²) >= 11 is 0. The van der Waals surface area contributed by atoms with Crippen molar-refractivity contribution in [3.63, 3.8) is 0 Å². The van der Waals surface area contributed by atoms with Crippen LogP contribution in [0, 0.1) is 6.92 Å². The summed E-state index contributed by atoms with van der Waals surface area (Å²) in [7, 11) is -3.60. The Bertz CT molecular complexity index is 785. The number of benzene rings is 1. The second-order valence-electron chi connectivity index (χ2n) is 7.92. The Kier molecular flexibility index (Phi) is 6.23. The van der Waals surface area contributed by atoms with E-state index in [0.717, 1.165) is 37.7 Å². The summed E-state index contributed by atoms with van der Waals surface area (Å²) in [5, 5.41) is 12.6. The molecule has 7 heteroatoms. The van der Waals surface area contributed by atoms with Crippen molar-refractivity contribution in [2.24, 2.45) is 0 Å². The first-order valence-corrected chi connectivity index (χ1v) is 11.3. The summed E-state index contributed by atoms with van der Waals surface area (Å²) in [4.78, 5) is 12.9. The van der Waals surface area contributed by atoms with Crippen LogP contribution >= 0.6 is 0 Å². The molecule has 2 aliphatic rings. The lowest BCUT2D eigenvalue weighted by atomic mass is 9.93. The molecule has 1 aromatic carbocycles. The molecule has 1 atom stereocenters. The minimum atomic E-state index is -3.60. The predicted octanol–water partition coefficient (Wildman–Crippen LogP) is 2.59. The third-order valence-corrected chi connectivity index (χ3v) is 7.84. The van der Waals surface area contributed by atoms with Crippen LogP contribution in [0.2, 0.25) is 0 Å². The molecule has 150 valence electrons. The van der Waals surface area contributed by atoms with Crippen molar-refractivity contribution in [3.8, 4) is 0 Å². The summed E-state index contributed by atoms with van der Waals surface area (Å²) in [5.41, 5.74) is 1.17. The van der Waals surface area contributed by atoms with E-state index in [2.05, 4.69) is 5.32 Å². The first-order chi connectivity index (χ1) is 12.8. The third-order valence-electron chi connectivity index (χ3n) is 5.83. The minimum absolute atomic E-state index is 0.0176. The maximum Gasteiger partial charge on any atom is 0.251 e. The van der Waals surface area contributed by atoms with E-state index in [1.54, 1.807) is 16.4 Å². The van der Waals surface area contributed by atoms with E-state index in [0.29, 0.717) is 24.9 Å². The molecular weight excluding hydrogens is 364 g/mol. The van der Waals surface area contributed by atoms with Gasteiger partial charge < -0.3 is 10.4 Å². The van der Waals surface area contributed by atoms with Gasteiger partial charge in [0.2, 0.25) is 10.0 Å². The van der Waals surface area contributed by atoms with Crippen molar-refractivity contribution < 1.29 is 18.3 Å². The van der Waals surface area contributed by atoms with E-state index in [1.165, 1.54) is 6.07 Å². The van der Waals surface area contributed by atoms with E-state index < -0.39 is 10.0 Å². The zero-order valence-corrected chi connectivity index (χ0v) is 17.0. The van der Waals surface area contributed by atoms with Crippen LogP contribution in [0.3, 0.4) is 0 Å². The van der Waals surface area contributed by atoms with Gasteiger partial charge in [0.1, 0.15) is 0 Å². The highest BCUT2D eigenvalue weighted by molar-refractivity contribution is 7.89. The molecular formula is C20H30N2O4S. The molecule has 3 rings (SSSR count). The molecule has 1 saturated heterocycles. The lowest BCUT2D eigenvalue weighted by Crippen LogP contribution is -2.42. The number of carbonyl (C=O) groups is 1. The van der Waals surface area contributed by atoms with E-state index in [4.69, 9.17) is 0 Å². The average Bonchev–Trinajstić information content (AvgIpc) is 2.64. The molecule has 0 aromatic heterocycles. The fourth-order valence-electron chi connectivity index (χ4n) is 4.05. The Hall–Kier alpha value is -1.44. The maximum atomic E-state index is 13.1. The number of rotatable bonds is 4. The Morgan fingerprint density at radius 2 is 1.85 bits per heavy atom. The number of nitrogens with one attached hydrogen (secondary N) is 1. The summed E-state index contributed by atoms with van der Waals surface area (Å²) < 4.78 is 27.7. The van der Waals surface area contributed by atoms with Crippen LogP contribution in [-0.4, -0.2) is 48.5 Å². The molecule has 1 unspecified atom stereocenters. The van der Waals surface area contributed by atoms with Crippen molar-refractivity contribution in [3.05, 3.63) is 29.3 Å². The van der Waals surface area contributed by atoms with Gasteiger partial charge in [-0.15, -0.1) is 0 Å². The minimum Gasteiger partial charge on any atom is -0.393 e. The predicted molar refractivity (Wildman–Crippen MR) is 104 cm³/mol. The highest BCUT2D eigenvalue weighted by Gasteiger charge is 2.31. The number of hydrogen-bond donors (Lipinski definition) is 2. The van der Waals surface area contributed by atoms with Gasteiger partial charge >= 0.3 is 0 Å². The quantitative estimate of drug-likeness (QED) is 0.822. The summed E-state index contributed by atoms with van der Waals surface area (Å²) in [6.45, 7) is 4.29. The number of nitrogens with zero attached hydrogens (tertiary/aromatic N) is 1. The molecule has 1 aliphatic carbocycles. The van der Waals surface area contributed by atoms with Crippen LogP contribution in [0.5, 0.6) is 0 Å². The van der Waals surface area contributed by atoms with Gasteiger partial charge in [-0.1, -0.05) is 12.5 Å². The second kappa shape index (κ2) is 8.29. The smallest absolute Gasteiger partial charge is 0.251 e. The molecule has 0 bridgehead atoms. The maximum absolute atomic E-state index is 13.1. The zero-order valence-electron chi connectivity index (χ0n) is 16.1. The Morgan fingerprint density at radius 3 is 2.52 bits per heavy atom. The number of piperidine rings is 1. The molecule has 6 nitrogen and oxygen atoms in total. The van der Waals surface area contributed by atoms with Crippen LogP contribution in [-0.2, 0) is 10.0 Å². The number of hydrogen-bond acceptors (Lipinski definition) is 4. The van der Waals surface area contributed by atoms with Gasteiger partial charge in [0.05, 0.1) is 11.0 Å². The lowest BCUT2D eigenvalue weighted by Gasteiger charge is -2.32. The zero-order chi connectivity index (χ0) is 19.6. The topological polar surface area (TPSA) is 86.7 Å². The monoisotopic (exact) mass is 394 g/mol. The molecule has 1 aromatic rings. The molecule has 1 aliphatic heterocycles. The van der Waals surface area contributed by atoms with Crippen LogP contribution in [0.1, 0.15) is 67.8 Å². The van der Waals surface area contributed by atoms with Crippen LogP contribution in [0.4, 0.5) is 0 Å². The highest BCUT2D eigenvalue weighted by atomic mass is 32.2. The molecule has 1 heterocycles. The van der Waals surface area contributed by atoms with E-state index >= 15 is 0 Å². The molecule has 2 fully saturated rings. The molecule has 27 heavy (non-hydrogen) atoms. The average molecular weight is 395 g/mol. The van der Waals surface area contributed by atoms with Crippen LogP contribution in [0.25, 0.3) is 0 Å². The van der Waals surface area contributed by atoms with Crippen molar-refractivity contribution in [1.29, 1.82) is 0 Å². The normalized spacial score (nSPS) is 27.3. The van der Waals surface area contributed by atoms with Gasteiger partial charge in [-0.2, -0.15) is 4.31 Å². The molecule has 1 amide bonds. The van der Waals surface area contributed by atoms with E-state index in [1.807, 2.05) is 13.8 Å². The number of sulfonamides is 1. The fourth-order valence-corrected chi connectivity index (χ4v) is 5.78. The van der Waals surface area contributed by atoms with Crippen LogP contribution in [0.15, 0.2) is 23.1 Å². The van der Waals surface area contributed by atoms with Crippen LogP contribution < -0.4 is 5.32 Å². The van der Waals surface area contributed by atoms with Crippen molar-refractivity contribution >= 4 is 15.9 Å². The first kappa shape index (κ1) is 20.3. The Balaban J connectivity index is 1.80. The Labute approximate surface area is 162 Å². The van der Waals surface area contributed by atoms with Crippen molar-refractivity contribution in [2.75, 3.05) is 6.54 Å². The van der Waals surface area contributed by atoms with Crippen molar-refractivity contribution in [2.45, 2.75) is 81.9 Å². The standard InChI is InChI=1S/C20H30N2O4S/c1-14-6-11-18(27(25,26)22-12-4-3-5-15(22)2)13-19(14)20(24)21-16-7-9-17(23)10-8-16/h6,11,13,15-17,23H,3-5,7-10,12H2,1-2H3,(H,21,24). The number of aliphatic hydroxyl groups is 1. The third kappa shape index (κ3) is 4.52. The van der Waals surface area contributed by atoms with E-state index in [-0.39, 0.29) is 29.0 Å². The molecule has 1 saturated carbocycles. The molecule has 2 N–H and O–H groups in total. The molecule has 0 radical (unpaired) electrons. The summed E-state index contributed by atoms with van der Waals surface area (Å²) in [6.07, 6.45) is 5.37. The number of aliphatic hydroxyl groups excluding tert-OH is 1. The van der Waals surface area contributed by atoms with E-state index in [9.17, 15) is 18.3 Å². The summed E-state index contributed by atoms with van der Waals surface area (Å²) in [6, 6.07) is 4.83. The fraction of sp³-hybridized carbons (Fsp3) is 0.650. The van der Waals surface area contributed by atoms with Gasteiger partial charge in [-0.25, -0.2) is 8.42 Å². The largest absolute Gasteiger partial charge is 0.393 e. The van der Waals surface area contributed by atoms with Gasteiger partial charge in [-0.3, -0.25) is 4.79 Å². The number of aryl methyl sites for hydroxylation is 1. The SMILES string of the molecule is Cc1ccc(S(=O)(=O)N2CCCCC2C)cc1C(=O)NC1CCC(O)CC1. The second-order valence-corrected chi connectivity index (χ2v) is 9.81. The van der Waals surface area contributed by atoms with Crippen molar-refractivity contribution in [1.82, 2.24) is 9.62 Å². The lowest BCUT2D eigenvalue weighted by molar-refractivity contribution is 0.0867. The Morgan fingerprint density at radius 1 is 1.15 bits per heavy atom. The first-order valence-electron chi connectivity index (χ1n) is 9.90. The summed E-state index contributed by atoms with van der Waals surface area (Å²) in [5.74, 6) is -0.238. The molecule has 0 spiro atoms. The van der Waals surface area contributed by atoms with Gasteiger partial charge in [0.15, 0.2) is 0 Å². The highest BCUT2D eigenvalue weighted by Crippen LogP contribution is 2.27. The van der Waals surface area contributed by atoms with Gasteiger partial charge in [0.25, 0.3) is 5.91 Å². The van der Waals surface area contributed by atoms with Gasteiger partial charge in [0, 0.05) is 24.2 Å². The number of amides is 1.